The van der Waals surface area contributed by atoms with Crippen LogP contribution in [-0.2, 0) is 30.3 Å². The topological polar surface area (TPSA) is 184 Å². The Morgan fingerprint density at radius 2 is 1.95 bits per heavy atom. The third-order valence-corrected chi connectivity index (χ3v) is 8.77. The maximum Gasteiger partial charge on any atom is 0.519 e. The third kappa shape index (κ3) is 4.96. The molecule has 0 amide bonds. The predicted octanol–water partition coefficient (Wildman–Crippen LogP) is 3.44. The molecule has 0 spiro atoms. The Bertz CT molecular complexity index is 1620. The highest BCUT2D eigenvalue weighted by Gasteiger charge is 2.54. The fraction of sp³-hybridized carbons (Fsp3) is 0.556. The molecule has 2 bridgehead atoms. The van der Waals surface area contributed by atoms with E-state index in [1.807, 2.05) is 0 Å². The van der Waals surface area contributed by atoms with Crippen molar-refractivity contribution in [2.45, 2.75) is 76.4 Å². The number of imidazole rings is 1. The van der Waals surface area contributed by atoms with Gasteiger partial charge < -0.3 is 33.5 Å². The van der Waals surface area contributed by atoms with E-state index in [2.05, 4.69) is 20.9 Å². The maximum atomic E-state index is 13.4. The van der Waals surface area contributed by atoms with E-state index in [1.165, 1.54) is 17.8 Å². The van der Waals surface area contributed by atoms with E-state index >= 15 is 0 Å². The van der Waals surface area contributed by atoms with Gasteiger partial charge in [-0.3, -0.25) is 9.36 Å². The van der Waals surface area contributed by atoms with E-state index in [0.717, 1.165) is 38.5 Å². The van der Waals surface area contributed by atoms with Crippen LogP contribution in [0.15, 0.2) is 20.0 Å². The number of aryl methyl sites for hydroxylation is 1. The zero-order chi connectivity index (χ0) is 29.6. The monoisotopic (exact) mass is 601 g/mol. The summed E-state index contributed by atoms with van der Waals surface area (Å²) >= 11 is 6.03. The number of halogens is 1. The molecule has 2 N–H and O–H groups in total. The van der Waals surface area contributed by atoms with Crippen LogP contribution in [0.1, 0.15) is 62.7 Å². The average molecular weight is 602 g/mol. The Morgan fingerprint density at radius 1 is 1.21 bits per heavy atom. The molecule has 4 fully saturated rings. The molecule has 3 aromatic rings. The molecule has 3 atom stereocenters. The lowest BCUT2D eigenvalue weighted by atomic mass is 9.61. The number of carbonyl (C=O) groups excluding carboxylic acids is 2. The lowest BCUT2D eigenvalue weighted by Crippen LogP contribution is -2.48. The number of aromatic nitrogens is 4. The van der Waals surface area contributed by atoms with Crippen molar-refractivity contribution >= 4 is 40.7 Å². The van der Waals surface area contributed by atoms with Crippen LogP contribution in [-0.4, -0.2) is 50.0 Å². The summed E-state index contributed by atoms with van der Waals surface area (Å²) in [6, 6.07) is 0. The average Bonchev–Trinajstić information content (AvgIpc) is 3.66. The minimum Gasteiger partial charge on any atom is -0.461 e. The van der Waals surface area contributed by atoms with Gasteiger partial charge in [0.05, 0.1) is 11.7 Å². The second-order valence-corrected chi connectivity index (χ2v) is 11.3. The van der Waals surface area contributed by atoms with E-state index in [0.29, 0.717) is 5.92 Å². The van der Waals surface area contributed by atoms with Gasteiger partial charge in [0.2, 0.25) is 10.9 Å². The van der Waals surface area contributed by atoms with Crippen molar-refractivity contribution in [1.29, 1.82) is 0 Å². The van der Waals surface area contributed by atoms with Crippen LogP contribution in [0.2, 0.25) is 5.28 Å². The zero-order valence-corrected chi connectivity index (χ0v) is 23.4. The fourth-order valence-electron chi connectivity index (χ4n) is 6.13. The predicted molar refractivity (Wildman–Crippen MR) is 143 cm³/mol. The molecule has 3 aromatic heterocycles. The zero-order valence-electron chi connectivity index (χ0n) is 22.7. The van der Waals surface area contributed by atoms with Crippen molar-refractivity contribution in [1.82, 2.24) is 19.5 Å². The molecule has 7 rings (SSSR count). The quantitative estimate of drug-likeness (QED) is 0.236. The van der Waals surface area contributed by atoms with Gasteiger partial charge in [-0.05, 0) is 63.0 Å². The largest absolute Gasteiger partial charge is 0.519 e. The SMILES string of the molecule is C#C[C@]1(COC(=O)C23CCC(CC2)CC3)O[C@@H](n2cnc3c(N)nc(Cl)nc32)C[C@@H]1OC(=O)OCc1oc(=O)oc1C. The van der Waals surface area contributed by atoms with Crippen LogP contribution in [0.5, 0.6) is 0 Å². The summed E-state index contributed by atoms with van der Waals surface area (Å²) in [4.78, 5) is 49.9. The van der Waals surface area contributed by atoms with Crippen molar-refractivity contribution in [3.05, 3.63) is 33.7 Å². The Morgan fingerprint density at radius 3 is 2.62 bits per heavy atom. The van der Waals surface area contributed by atoms with E-state index in [-0.39, 0.29) is 52.8 Å². The molecule has 3 aliphatic carbocycles. The molecule has 4 aliphatic rings. The first-order chi connectivity index (χ1) is 20.1. The summed E-state index contributed by atoms with van der Waals surface area (Å²) in [6.07, 6.45) is 9.57. The number of esters is 1. The summed E-state index contributed by atoms with van der Waals surface area (Å²) in [5.41, 5.74) is 4.28. The highest BCUT2D eigenvalue weighted by molar-refractivity contribution is 6.28. The van der Waals surface area contributed by atoms with E-state index in [9.17, 15) is 14.4 Å². The first-order valence-electron chi connectivity index (χ1n) is 13.5. The summed E-state index contributed by atoms with van der Waals surface area (Å²) in [7, 11) is 0. The van der Waals surface area contributed by atoms with Gasteiger partial charge in [-0.15, -0.1) is 6.42 Å². The summed E-state index contributed by atoms with van der Waals surface area (Å²) in [5, 5.41) is -0.101. The van der Waals surface area contributed by atoms with Crippen molar-refractivity contribution in [2.75, 3.05) is 12.3 Å². The molecule has 0 unspecified atom stereocenters. The smallest absolute Gasteiger partial charge is 0.461 e. The lowest BCUT2D eigenvalue weighted by molar-refractivity contribution is -0.174. The number of anilines is 1. The standard InChI is InChI=1S/C27H28ClN5O9/c1-3-27(12-38-22(34)26-7-4-15(5-8-26)6-9-26)17(41-24(35)37-11-16-14(2)39-25(36)40-16)10-18(42-27)33-13-30-19-20(29)31-23(28)32-21(19)33/h1,13,15,17-18H,4-12H2,2H3,(H2,29,31,32)/t15?,17-,18+,26?,27+/m0/s1. The molecule has 14 nitrogen and oxygen atoms in total. The van der Waals surface area contributed by atoms with E-state index < -0.39 is 41.9 Å². The minimum atomic E-state index is -1.68. The molecular formula is C27H28ClN5O9. The summed E-state index contributed by atoms with van der Waals surface area (Å²) in [6.45, 7) is 0.691. The van der Waals surface area contributed by atoms with Crippen molar-refractivity contribution < 1.29 is 37.4 Å². The van der Waals surface area contributed by atoms with E-state index in [1.54, 1.807) is 0 Å². The van der Waals surface area contributed by atoms with Gasteiger partial charge in [0.15, 0.2) is 35.7 Å². The first-order valence-corrected chi connectivity index (χ1v) is 13.9. The molecule has 0 aromatic carbocycles. The van der Waals surface area contributed by atoms with Crippen molar-refractivity contribution in [3.8, 4) is 12.3 Å². The fourth-order valence-corrected chi connectivity index (χ4v) is 6.30. The highest BCUT2D eigenvalue weighted by atomic mass is 35.5. The number of ether oxygens (including phenoxy) is 4. The lowest BCUT2D eigenvalue weighted by Gasteiger charge is -2.44. The van der Waals surface area contributed by atoms with Gasteiger partial charge in [0.25, 0.3) is 0 Å². The number of carbonyl (C=O) groups is 2. The number of fused-ring (bicyclic) bond motifs is 4. The number of nitrogens with two attached hydrogens (primary N) is 1. The molecular weight excluding hydrogens is 574 g/mol. The van der Waals surface area contributed by atoms with Crippen LogP contribution in [0.25, 0.3) is 11.2 Å². The normalized spacial score (nSPS) is 28.5. The second kappa shape index (κ2) is 10.6. The van der Waals surface area contributed by atoms with Crippen molar-refractivity contribution in [3.63, 3.8) is 0 Å². The number of nitrogen functional groups attached to an aromatic ring is 1. The van der Waals surface area contributed by atoms with Crippen LogP contribution in [0, 0.1) is 30.6 Å². The van der Waals surface area contributed by atoms with Crippen molar-refractivity contribution in [2.24, 2.45) is 11.3 Å². The Kier molecular flexibility index (Phi) is 7.10. The molecule has 4 heterocycles. The van der Waals surface area contributed by atoms with Crippen LogP contribution >= 0.6 is 11.6 Å². The molecule has 222 valence electrons. The molecule has 3 saturated carbocycles. The van der Waals surface area contributed by atoms with Gasteiger partial charge in [-0.1, -0.05) is 5.92 Å². The number of terminal acetylenes is 1. The highest BCUT2D eigenvalue weighted by Crippen LogP contribution is 2.51. The van der Waals surface area contributed by atoms with Crippen LogP contribution in [0.3, 0.4) is 0 Å². The maximum absolute atomic E-state index is 13.4. The summed E-state index contributed by atoms with van der Waals surface area (Å²) in [5.74, 6) is 2.20. The molecule has 1 aliphatic heterocycles. The van der Waals surface area contributed by atoms with Gasteiger partial charge in [0.1, 0.15) is 18.4 Å². The molecule has 0 radical (unpaired) electrons. The molecule has 1 saturated heterocycles. The Labute approximate surface area is 243 Å². The number of rotatable bonds is 7. The van der Waals surface area contributed by atoms with Gasteiger partial charge in [-0.25, -0.2) is 14.6 Å². The Hall–Kier alpha value is -4.09. The van der Waals surface area contributed by atoms with Crippen LogP contribution in [0.4, 0.5) is 10.6 Å². The van der Waals surface area contributed by atoms with Gasteiger partial charge in [-0.2, -0.15) is 9.97 Å². The van der Waals surface area contributed by atoms with E-state index in [4.69, 9.17) is 51.5 Å². The number of nitrogens with zero attached hydrogens (tertiary/aromatic N) is 4. The second-order valence-electron chi connectivity index (χ2n) is 11.0. The van der Waals surface area contributed by atoms with Gasteiger partial charge >= 0.3 is 17.9 Å². The minimum absolute atomic E-state index is 0.0104. The number of hydrogen-bond acceptors (Lipinski definition) is 13. The summed E-state index contributed by atoms with van der Waals surface area (Å²) < 4.78 is 34.1. The third-order valence-electron chi connectivity index (χ3n) is 8.60. The molecule has 42 heavy (non-hydrogen) atoms. The number of hydrogen-bond donors (Lipinski definition) is 1. The van der Waals surface area contributed by atoms with Gasteiger partial charge in [0, 0.05) is 6.42 Å². The first kappa shape index (κ1) is 28.0. The Balaban J connectivity index is 1.24. The molecule has 15 heteroatoms. The van der Waals surface area contributed by atoms with Crippen LogP contribution < -0.4 is 11.6 Å².